The molecule has 0 amide bonds. The second-order valence-corrected chi connectivity index (χ2v) is 7.76. The third-order valence-electron chi connectivity index (χ3n) is 5.72. The molecular weight excluding hydrogens is 429 g/mol. The predicted octanol–water partition coefficient (Wildman–Crippen LogP) is 5.96. The van der Waals surface area contributed by atoms with Crippen LogP contribution in [-0.4, -0.2) is 0 Å². The molecule has 0 bridgehead atoms. The molecule has 5 rings (SSSR count). The molecule has 0 aliphatic carbocycles. The van der Waals surface area contributed by atoms with Gasteiger partial charge in [0.25, 0.3) is 10.9 Å². The largest absolute Gasteiger partial charge is 0.416 e. The molecule has 7 heteroatoms. The lowest BCUT2D eigenvalue weighted by atomic mass is 9.96. The third-order valence-corrected chi connectivity index (χ3v) is 5.72. The Bertz CT molecular complexity index is 1510. The van der Waals surface area contributed by atoms with E-state index in [2.05, 4.69) is 16.7 Å². The van der Waals surface area contributed by atoms with E-state index in [4.69, 9.17) is 0 Å². The lowest BCUT2D eigenvalue weighted by Gasteiger charge is -2.17. The van der Waals surface area contributed by atoms with Crippen LogP contribution in [0.1, 0.15) is 11.1 Å². The van der Waals surface area contributed by atoms with Gasteiger partial charge in [-0.2, -0.15) is 13.2 Å². The maximum Gasteiger partial charge on any atom is 0.416 e. The summed E-state index contributed by atoms with van der Waals surface area (Å²) in [5.74, 6) is 0. The summed E-state index contributed by atoms with van der Waals surface area (Å²) in [6, 6.07) is 22.2. The molecule has 0 aliphatic heterocycles. The summed E-state index contributed by atoms with van der Waals surface area (Å²) >= 11 is 0. The quantitative estimate of drug-likeness (QED) is 0.258. The monoisotopic (exact) mass is 446 g/mol. The van der Waals surface area contributed by atoms with Gasteiger partial charge in [-0.15, -0.1) is 0 Å². The molecule has 164 valence electrons. The molecule has 0 atom stereocenters. The van der Waals surface area contributed by atoms with E-state index in [9.17, 15) is 22.8 Å². The molecule has 0 spiro atoms. The maximum absolute atomic E-state index is 12.8. The van der Waals surface area contributed by atoms with Crippen molar-refractivity contribution in [2.45, 2.75) is 12.7 Å². The molecule has 0 unspecified atom stereocenters. The molecule has 0 aromatic heterocycles. The Labute approximate surface area is 186 Å². The molecule has 5 aromatic carbocycles. The van der Waals surface area contributed by atoms with Gasteiger partial charge in [-0.25, -0.2) is 0 Å². The van der Waals surface area contributed by atoms with Gasteiger partial charge in [0.1, 0.15) is 11.4 Å². The molecule has 5 aromatic rings. The normalized spacial score (nSPS) is 11.8. The van der Waals surface area contributed by atoms with Crippen LogP contribution in [0, 0.1) is 0 Å². The van der Waals surface area contributed by atoms with Crippen LogP contribution in [0.4, 0.5) is 30.2 Å². The highest BCUT2D eigenvalue weighted by molar-refractivity contribution is 6.02. The van der Waals surface area contributed by atoms with Crippen LogP contribution in [0.2, 0.25) is 0 Å². The smallest absolute Gasteiger partial charge is 0.376 e. The molecular formula is C26H17F3N2O2. The minimum Gasteiger partial charge on any atom is -0.376 e. The minimum absolute atomic E-state index is 0.0456. The number of rotatable bonds is 5. The summed E-state index contributed by atoms with van der Waals surface area (Å²) in [4.78, 5) is 24.4. The second kappa shape index (κ2) is 7.78. The zero-order valence-electron chi connectivity index (χ0n) is 17.2. The summed E-state index contributed by atoms with van der Waals surface area (Å²) in [6.45, 7) is 0.300. The number of benzene rings is 4. The van der Waals surface area contributed by atoms with Gasteiger partial charge in [0.2, 0.25) is 0 Å². The van der Waals surface area contributed by atoms with E-state index in [1.807, 2.05) is 48.5 Å². The Morgan fingerprint density at radius 1 is 0.697 bits per heavy atom. The van der Waals surface area contributed by atoms with Gasteiger partial charge in [0.15, 0.2) is 0 Å². The highest BCUT2D eigenvalue weighted by atomic mass is 19.4. The van der Waals surface area contributed by atoms with E-state index in [0.29, 0.717) is 6.54 Å². The van der Waals surface area contributed by atoms with Crippen molar-refractivity contribution in [3.63, 3.8) is 0 Å². The number of halogens is 3. The molecule has 33 heavy (non-hydrogen) atoms. The van der Waals surface area contributed by atoms with Crippen LogP contribution in [0.3, 0.4) is 0 Å². The Morgan fingerprint density at radius 3 is 1.82 bits per heavy atom. The van der Waals surface area contributed by atoms with Crippen molar-refractivity contribution in [2.24, 2.45) is 0 Å². The standard InChI is InChI=1S/C26H17F3N2O2/c27-26(28,29)17-9-11-18(12-10-17)31-23-22(24(32)25(23)33)30-14-21-19-7-3-1-5-15(19)13-16-6-2-4-8-20(16)21/h1-13,30-31H,14H2. The van der Waals surface area contributed by atoms with Gasteiger partial charge in [-0.05, 0) is 57.4 Å². The molecule has 0 saturated carbocycles. The fourth-order valence-corrected chi connectivity index (χ4v) is 4.04. The maximum atomic E-state index is 12.8. The van der Waals surface area contributed by atoms with Crippen molar-refractivity contribution < 1.29 is 13.2 Å². The van der Waals surface area contributed by atoms with E-state index in [-0.39, 0.29) is 17.1 Å². The number of alkyl halides is 3. The fraction of sp³-hybridized carbons (Fsp3) is 0.0769. The number of hydrogen-bond acceptors (Lipinski definition) is 4. The van der Waals surface area contributed by atoms with E-state index in [1.165, 1.54) is 12.1 Å². The van der Waals surface area contributed by atoms with Crippen LogP contribution in [-0.2, 0) is 12.7 Å². The average Bonchev–Trinajstić information content (AvgIpc) is 2.82. The first kappa shape index (κ1) is 20.8. The molecule has 0 radical (unpaired) electrons. The minimum atomic E-state index is -4.45. The van der Waals surface area contributed by atoms with Crippen LogP contribution in [0.25, 0.3) is 21.5 Å². The Kier molecular flexibility index (Phi) is 4.89. The Morgan fingerprint density at radius 2 is 1.24 bits per heavy atom. The Hall–Kier alpha value is -4.13. The fourth-order valence-electron chi connectivity index (χ4n) is 4.04. The van der Waals surface area contributed by atoms with Crippen molar-refractivity contribution in [2.75, 3.05) is 10.6 Å². The number of nitrogens with one attached hydrogen (secondary N) is 2. The van der Waals surface area contributed by atoms with Gasteiger partial charge in [-0.3, -0.25) is 9.59 Å². The van der Waals surface area contributed by atoms with Crippen LogP contribution in [0.15, 0.2) is 88.5 Å². The van der Waals surface area contributed by atoms with E-state index < -0.39 is 22.6 Å². The first-order valence-corrected chi connectivity index (χ1v) is 10.2. The number of fused-ring (bicyclic) bond motifs is 2. The third kappa shape index (κ3) is 3.71. The highest BCUT2D eigenvalue weighted by Crippen LogP contribution is 2.32. The average molecular weight is 446 g/mol. The lowest BCUT2D eigenvalue weighted by Crippen LogP contribution is -2.36. The summed E-state index contributed by atoms with van der Waals surface area (Å²) in [5, 5.41) is 10.0. The first-order chi connectivity index (χ1) is 15.8. The van der Waals surface area contributed by atoms with Crippen LogP contribution < -0.4 is 21.5 Å². The summed E-state index contributed by atoms with van der Waals surface area (Å²) < 4.78 is 38.3. The molecule has 0 fully saturated rings. The van der Waals surface area contributed by atoms with Crippen molar-refractivity contribution in [1.82, 2.24) is 0 Å². The molecule has 0 heterocycles. The van der Waals surface area contributed by atoms with E-state index >= 15 is 0 Å². The lowest BCUT2D eigenvalue weighted by molar-refractivity contribution is -0.137. The van der Waals surface area contributed by atoms with Crippen LogP contribution in [0.5, 0.6) is 0 Å². The molecule has 0 saturated heterocycles. The van der Waals surface area contributed by atoms with Crippen molar-refractivity contribution in [3.05, 3.63) is 110 Å². The zero-order valence-corrected chi connectivity index (χ0v) is 17.2. The molecule has 0 aliphatic rings. The zero-order chi connectivity index (χ0) is 23.2. The Balaban J connectivity index is 1.45. The first-order valence-electron chi connectivity index (χ1n) is 10.2. The summed E-state index contributed by atoms with van der Waals surface area (Å²) in [7, 11) is 0. The summed E-state index contributed by atoms with van der Waals surface area (Å²) in [6.07, 6.45) is -4.45. The topological polar surface area (TPSA) is 58.2 Å². The highest BCUT2D eigenvalue weighted by Gasteiger charge is 2.30. The second-order valence-electron chi connectivity index (χ2n) is 7.76. The van der Waals surface area contributed by atoms with Crippen LogP contribution >= 0.6 is 0 Å². The predicted molar refractivity (Wildman–Crippen MR) is 125 cm³/mol. The van der Waals surface area contributed by atoms with Gasteiger partial charge >= 0.3 is 6.18 Å². The van der Waals surface area contributed by atoms with Crippen molar-refractivity contribution >= 4 is 38.6 Å². The van der Waals surface area contributed by atoms with Gasteiger partial charge in [0, 0.05) is 12.2 Å². The van der Waals surface area contributed by atoms with Crippen molar-refractivity contribution in [3.8, 4) is 0 Å². The van der Waals surface area contributed by atoms with Gasteiger partial charge < -0.3 is 10.6 Å². The van der Waals surface area contributed by atoms with Gasteiger partial charge in [-0.1, -0.05) is 48.5 Å². The number of anilines is 3. The van der Waals surface area contributed by atoms with E-state index in [1.54, 1.807) is 0 Å². The van der Waals surface area contributed by atoms with Gasteiger partial charge in [0.05, 0.1) is 5.56 Å². The molecule has 4 nitrogen and oxygen atoms in total. The van der Waals surface area contributed by atoms with E-state index in [0.717, 1.165) is 39.2 Å². The SMILES string of the molecule is O=c1c(NCc2c3ccccc3cc3ccccc23)c(Nc2ccc(C(F)(F)F)cc2)c1=O. The molecule has 2 N–H and O–H groups in total. The van der Waals surface area contributed by atoms with Crippen molar-refractivity contribution in [1.29, 1.82) is 0 Å². The summed E-state index contributed by atoms with van der Waals surface area (Å²) in [5.41, 5.74) is -0.722. The number of hydrogen-bond donors (Lipinski definition) is 2.